The highest BCUT2D eigenvalue weighted by atomic mass is 19.1. The molecule has 0 saturated carbocycles. The van der Waals surface area contributed by atoms with Gasteiger partial charge in [-0.15, -0.1) is 0 Å². The number of carbonyl (C=O) groups excluding carboxylic acids is 1. The van der Waals surface area contributed by atoms with Crippen LogP contribution in [0.4, 0.5) is 20.7 Å². The minimum atomic E-state index is -0.331. The van der Waals surface area contributed by atoms with E-state index in [2.05, 4.69) is 25.2 Å². The number of amides is 2. The van der Waals surface area contributed by atoms with Gasteiger partial charge in [-0.05, 0) is 66.8 Å². The number of halogens is 1. The lowest BCUT2D eigenvalue weighted by atomic mass is 10.2. The van der Waals surface area contributed by atoms with Gasteiger partial charge in [-0.2, -0.15) is 0 Å². The topological polar surface area (TPSA) is 97.9 Å². The van der Waals surface area contributed by atoms with Gasteiger partial charge in [0.05, 0.1) is 5.52 Å². The van der Waals surface area contributed by atoms with Crippen molar-refractivity contribution in [2.24, 2.45) is 0 Å². The summed E-state index contributed by atoms with van der Waals surface area (Å²) >= 11 is 0. The number of urea groups is 1. The Hall–Kier alpha value is -3.94. The normalized spacial score (nSPS) is 12.7. The fourth-order valence-electron chi connectivity index (χ4n) is 4.14. The minimum Gasteiger partial charge on any atom is -0.382 e. The van der Waals surface area contributed by atoms with E-state index in [1.54, 1.807) is 12.1 Å². The first-order valence-electron chi connectivity index (χ1n) is 10.1. The predicted molar refractivity (Wildman–Crippen MR) is 118 cm³/mol. The molecule has 4 aromatic rings. The third kappa shape index (κ3) is 3.56. The number of carbonyl (C=O) groups is 1. The first-order valence-corrected chi connectivity index (χ1v) is 10.1. The van der Waals surface area contributed by atoms with E-state index in [-0.39, 0.29) is 11.8 Å². The minimum absolute atomic E-state index is 0.303. The second-order valence-electron chi connectivity index (χ2n) is 7.55. The lowest BCUT2D eigenvalue weighted by molar-refractivity contribution is 0.251. The van der Waals surface area contributed by atoms with E-state index < -0.39 is 0 Å². The van der Waals surface area contributed by atoms with Crippen molar-refractivity contribution in [2.75, 3.05) is 11.1 Å². The van der Waals surface area contributed by atoms with Crippen molar-refractivity contribution in [3.63, 3.8) is 0 Å². The highest BCUT2D eigenvalue weighted by Crippen LogP contribution is 2.36. The molecule has 2 heterocycles. The van der Waals surface area contributed by atoms with Gasteiger partial charge in [-0.3, -0.25) is 0 Å². The predicted octanol–water partition coefficient (Wildman–Crippen LogP) is 3.95. The second kappa shape index (κ2) is 7.71. The summed E-state index contributed by atoms with van der Waals surface area (Å²) in [4.78, 5) is 20.8. The quantitative estimate of drug-likeness (QED) is 0.469. The summed E-state index contributed by atoms with van der Waals surface area (Å²) in [5.41, 5.74) is 12.8. The maximum Gasteiger partial charge on any atom is 0.319 e. The van der Waals surface area contributed by atoms with Crippen LogP contribution in [0.1, 0.15) is 23.2 Å². The third-order valence-electron chi connectivity index (χ3n) is 5.57. The van der Waals surface area contributed by atoms with Crippen LogP contribution in [0.2, 0.25) is 0 Å². The smallest absolute Gasteiger partial charge is 0.319 e. The van der Waals surface area contributed by atoms with E-state index in [9.17, 15) is 9.18 Å². The number of nitrogens with zero attached hydrogens (tertiary/aromatic N) is 3. The number of hydrogen-bond acceptors (Lipinski definition) is 4. The van der Waals surface area contributed by atoms with Gasteiger partial charge >= 0.3 is 6.03 Å². The molecule has 2 aromatic heterocycles. The molecule has 0 atom stereocenters. The molecule has 1 aliphatic carbocycles. The maximum atomic E-state index is 13.0. The van der Waals surface area contributed by atoms with Crippen LogP contribution >= 0.6 is 0 Å². The van der Waals surface area contributed by atoms with Crippen molar-refractivity contribution in [1.29, 1.82) is 0 Å². The molecule has 8 heteroatoms. The van der Waals surface area contributed by atoms with Crippen LogP contribution in [-0.2, 0) is 19.4 Å². The maximum absolute atomic E-state index is 13.0. The molecule has 2 aromatic carbocycles. The number of aromatic nitrogens is 3. The number of rotatable bonds is 4. The zero-order valence-corrected chi connectivity index (χ0v) is 16.7. The Balaban J connectivity index is 1.34. The molecule has 31 heavy (non-hydrogen) atoms. The van der Waals surface area contributed by atoms with E-state index in [0.29, 0.717) is 18.1 Å². The zero-order valence-electron chi connectivity index (χ0n) is 16.7. The number of hydrogen-bond donors (Lipinski definition) is 3. The van der Waals surface area contributed by atoms with Crippen LogP contribution in [0.3, 0.4) is 0 Å². The van der Waals surface area contributed by atoms with Gasteiger partial charge in [-0.25, -0.2) is 19.2 Å². The average molecular weight is 416 g/mol. The Morgan fingerprint density at radius 2 is 1.84 bits per heavy atom. The van der Waals surface area contributed by atoms with Crippen molar-refractivity contribution in [2.45, 2.75) is 25.8 Å². The second-order valence-corrected chi connectivity index (χ2v) is 7.55. The van der Waals surface area contributed by atoms with Gasteiger partial charge in [0.2, 0.25) is 0 Å². The molecule has 0 saturated heterocycles. The summed E-state index contributed by atoms with van der Waals surface area (Å²) in [5, 5.41) is 5.58. The van der Waals surface area contributed by atoms with E-state index in [0.717, 1.165) is 41.5 Å². The van der Waals surface area contributed by atoms with Crippen molar-refractivity contribution < 1.29 is 9.18 Å². The first-order chi connectivity index (χ1) is 15.1. The molecule has 0 fully saturated rings. The highest BCUT2D eigenvalue weighted by molar-refractivity contribution is 5.92. The largest absolute Gasteiger partial charge is 0.382 e. The Bertz CT molecular complexity index is 1260. The van der Waals surface area contributed by atoms with Crippen molar-refractivity contribution in [3.8, 4) is 5.69 Å². The van der Waals surface area contributed by atoms with Crippen molar-refractivity contribution >= 4 is 28.6 Å². The molecule has 4 N–H and O–H groups in total. The molecule has 0 aliphatic heterocycles. The zero-order chi connectivity index (χ0) is 21.4. The molecule has 0 bridgehead atoms. The van der Waals surface area contributed by atoms with Crippen molar-refractivity contribution in [1.82, 2.24) is 19.9 Å². The molecule has 1 aliphatic rings. The number of nitrogens with two attached hydrogens (primary N) is 1. The van der Waals surface area contributed by atoms with E-state index in [4.69, 9.17) is 5.73 Å². The third-order valence-corrected chi connectivity index (χ3v) is 5.57. The van der Waals surface area contributed by atoms with E-state index in [1.165, 1.54) is 29.7 Å². The van der Waals surface area contributed by atoms with Crippen LogP contribution < -0.4 is 16.4 Å². The lowest BCUT2D eigenvalue weighted by Gasteiger charge is -2.12. The number of aryl methyl sites for hydroxylation is 1. The van der Waals surface area contributed by atoms with Gasteiger partial charge in [0.1, 0.15) is 17.7 Å². The van der Waals surface area contributed by atoms with Gasteiger partial charge in [0.15, 0.2) is 5.82 Å². The summed E-state index contributed by atoms with van der Waals surface area (Å²) in [6.07, 6.45) is 4.57. The molecule has 2 amide bonds. The van der Waals surface area contributed by atoms with Crippen molar-refractivity contribution in [3.05, 3.63) is 77.5 Å². The monoisotopic (exact) mass is 416 g/mol. The highest BCUT2D eigenvalue weighted by Gasteiger charge is 2.25. The Morgan fingerprint density at radius 1 is 1.06 bits per heavy atom. The molecular weight excluding hydrogens is 395 g/mol. The summed E-state index contributed by atoms with van der Waals surface area (Å²) < 4.78 is 15.1. The molecule has 7 nitrogen and oxygen atoms in total. The molecule has 0 unspecified atom stereocenters. The van der Waals surface area contributed by atoms with Gasteiger partial charge in [0.25, 0.3) is 0 Å². The van der Waals surface area contributed by atoms with Crippen LogP contribution in [0.25, 0.3) is 16.7 Å². The van der Waals surface area contributed by atoms with E-state index in [1.807, 2.05) is 24.3 Å². The number of nitrogen functional groups attached to an aromatic ring is 1. The summed E-state index contributed by atoms with van der Waals surface area (Å²) in [6.45, 7) is 0.310. The van der Waals surface area contributed by atoms with Crippen LogP contribution in [0.15, 0.2) is 54.9 Å². The molecule has 0 spiro atoms. The standard InChI is InChI=1S/C23H21FN6O/c24-15-6-4-14(5-7-15)12-26-23(31)29-16-8-10-17(11-9-16)30-19-3-1-2-18(19)20-21(30)22(25)28-13-27-20/h4-11,13H,1-3,12H2,(H2,25,27,28)(H2,26,29,31). The Labute approximate surface area is 178 Å². The van der Waals surface area contributed by atoms with Crippen LogP contribution in [0.5, 0.6) is 0 Å². The number of nitrogens with one attached hydrogen (secondary N) is 2. The number of benzene rings is 2. The fraction of sp³-hybridized carbons (Fsp3) is 0.174. The van der Waals surface area contributed by atoms with Gasteiger partial charge in [-0.1, -0.05) is 12.1 Å². The van der Waals surface area contributed by atoms with Gasteiger partial charge < -0.3 is 20.9 Å². The van der Waals surface area contributed by atoms with Gasteiger partial charge in [0, 0.05) is 23.6 Å². The SMILES string of the molecule is Nc1ncnc2c3c(n(-c4ccc(NC(=O)NCc5ccc(F)cc5)cc4)c12)CCC3. The summed E-state index contributed by atoms with van der Waals surface area (Å²) in [5.74, 6) is 0.157. The lowest BCUT2D eigenvalue weighted by Crippen LogP contribution is -2.28. The van der Waals surface area contributed by atoms with E-state index >= 15 is 0 Å². The average Bonchev–Trinajstić information content (AvgIpc) is 3.36. The first kappa shape index (κ1) is 19.0. The van der Waals surface area contributed by atoms with Crippen LogP contribution in [0, 0.1) is 5.82 Å². The summed E-state index contributed by atoms with van der Waals surface area (Å²) in [6, 6.07) is 13.3. The molecule has 5 rings (SSSR count). The van der Waals surface area contributed by atoms with Crippen LogP contribution in [-0.4, -0.2) is 20.6 Å². The Kier molecular flexibility index (Phi) is 4.74. The number of fused-ring (bicyclic) bond motifs is 3. The Morgan fingerprint density at radius 3 is 2.61 bits per heavy atom. The molecule has 156 valence electrons. The summed E-state index contributed by atoms with van der Waals surface area (Å²) in [7, 11) is 0. The molecule has 0 radical (unpaired) electrons. The fourth-order valence-corrected chi connectivity index (χ4v) is 4.14. The number of anilines is 2. The molecular formula is C23H21FN6O.